The van der Waals surface area contributed by atoms with Gasteiger partial charge in [-0.3, -0.25) is 9.59 Å². The van der Waals surface area contributed by atoms with Gasteiger partial charge in [-0.05, 0) is 37.8 Å². The van der Waals surface area contributed by atoms with E-state index in [1.165, 1.54) is 0 Å². The fourth-order valence-corrected chi connectivity index (χ4v) is 2.11. The number of hydrogen-bond donors (Lipinski definition) is 2. The lowest BCUT2D eigenvalue weighted by atomic mass is 9.90. The van der Waals surface area contributed by atoms with Crippen LogP contribution >= 0.6 is 0 Å². The first-order valence-electron chi connectivity index (χ1n) is 6.94. The highest BCUT2D eigenvalue weighted by Crippen LogP contribution is 2.19. The molecule has 5 nitrogen and oxygen atoms in total. The van der Waals surface area contributed by atoms with Gasteiger partial charge >= 0.3 is 5.97 Å². The predicted molar refractivity (Wildman–Crippen MR) is 81.0 cm³/mol. The Bertz CT molecular complexity index is 658. The van der Waals surface area contributed by atoms with Gasteiger partial charge in [-0.1, -0.05) is 18.2 Å². The fraction of sp³-hybridized carbons (Fsp3) is 0.375. The molecular formula is C16H20N2O3. The molecule has 0 saturated heterocycles. The Labute approximate surface area is 123 Å². The summed E-state index contributed by atoms with van der Waals surface area (Å²) in [5, 5.41) is 12.9. The smallest absolute Gasteiger partial charge is 0.309 e. The van der Waals surface area contributed by atoms with Gasteiger partial charge in [0, 0.05) is 18.3 Å². The van der Waals surface area contributed by atoms with E-state index in [4.69, 9.17) is 5.11 Å². The van der Waals surface area contributed by atoms with Crippen molar-refractivity contribution < 1.29 is 14.7 Å². The molecule has 1 heterocycles. The second kappa shape index (κ2) is 5.99. The maximum Gasteiger partial charge on any atom is 0.309 e. The van der Waals surface area contributed by atoms with Crippen molar-refractivity contribution in [2.24, 2.45) is 5.41 Å². The number of aliphatic carboxylic acids is 1. The van der Waals surface area contributed by atoms with Crippen LogP contribution in [0.5, 0.6) is 0 Å². The van der Waals surface area contributed by atoms with Crippen LogP contribution in [0.25, 0.3) is 10.9 Å². The molecule has 112 valence electrons. The standard InChI is InChI=1S/C16H20N2O3/c1-16(2,15(20)21)8-9-17-14(19)11-18-10-7-12-5-3-4-6-13(12)18/h3-7,10H,8-9,11H2,1-2H3,(H,17,19)(H,20,21). The van der Waals surface area contributed by atoms with Crippen molar-refractivity contribution in [2.75, 3.05) is 6.54 Å². The van der Waals surface area contributed by atoms with Crippen LogP contribution in [0.2, 0.25) is 0 Å². The topological polar surface area (TPSA) is 71.3 Å². The molecule has 1 aromatic carbocycles. The lowest BCUT2D eigenvalue weighted by Gasteiger charge is -2.19. The zero-order valence-electron chi connectivity index (χ0n) is 12.3. The third-order valence-electron chi connectivity index (χ3n) is 3.65. The van der Waals surface area contributed by atoms with Crippen molar-refractivity contribution >= 4 is 22.8 Å². The molecule has 0 fully saturated rings. The summed E-state index contributed by atoms with van der Waals surface area (Å²) >= 11 is 0. The Morgan fingerprint density at radius 1 is 1.24 bits per heavy atom. The van der Waals surface area contributed by atoms with Crippen molar-refractivity contribution in [2.45, 2.75) is 26.8 Å². The van der Waals surface area contributed by atoms with E-state index in [0.717, 1.165) is 10.9 Å². The van der Waals surface area contributed by atoms with Gasteiger partial charge in [0.2, 0.25) is 5.91 Å². The van der Waals surface area contributed by atoms with Gasteiger partial charge in [-0.15, -0.1) is 0 Å². The predicted octanol–water partition coefficient (Wildman–Crippen LogP) is 2.26. The number of amides is 1. The quantitative estimate of drug-likeness (QED) is 0.856. The van der Waals surface area contributed by atoms with Crippen molar-refractivity contribution in [1.82, 2.24) is 9.88 Å². The SMILES string of the molecule is CC(C)(CCNC(=O)Cn1ccc2ccccc21)C(=O)O. The minimum absolute atomic E-state index is 0.113. The van der Waals surface area contributed by atoms with Crippen LogP contribution < -0.4 is 5.32 Å². The number of carbonyl (C=O) groups is 2. The van der Waals surface area contributed by atoms with Gasteiger partial charge in [0.15, 0.2) is 0 Å². The highest BCUT2D eigenvalue weighted by Gasteiger charge is 2.26. The van der Waals surface area contributed by atoms with Gasteiger partial charge in [0.05, 0.1) is 5.41 Å². The lowest BCUT2D eigenvalue weighted by Crippen LogP contribution is -2.33. The van der Waals surface area contributed by atoms with Gasteiger partial charge in [-0.2, -0.15) is 0 Å². The molecule has 21 heavy (non-hydrogen) atoms. The first kappa shape index (κ1) is 15.1. The van der Waals surface area contributed by atoms with Gasteiger partial charge in [0.25, 0.3) is 0 Å². The van der Waals surface area contributed by atoms with E-state index in [1.807, 2.05) is 41.1 Å². The fourth-order valence-electron chi connectivity index (χ4n) is 2.11. The summed E-state index contributed by atoms with van der Waals surface area (Å²) in [6.07, 6.45) is 2.28. The summed E-state index contributed by atoms with van der Waals surface area (Å²) < 4.78 is 1.88. The molecule has 0 atom stereocenters. The molecule has 1 amide bonds. The number of nitrogens with zero attached hydrogens (tertiary/aromatic N) is 1. The van der Waals surface area contributed by atoms with E-state index in [1.54, 1.807) is 13.8 Å². The number of carboxylic acids is 1. The molecule has 2 N–H and O–H groups in total. The Hall–Kier alpha value is -2.30. The number of carbonyl (C=O) groups excluding carboxylic acids is 1. The van der Waals surface area contributed by atoms with Gasteiger partial charge in [-0.25, -0.2) is 0 Å². The zero-order valence-corrected chi connectivity index (χ0v) is 12.3. The van der Waals surface area contributed by atoms with E-state index in [-0.39, 0.29) is 12.5 Å². The molecule has 2 rings (SSSR count). The summed E-state index contributed by atoms with van der Waals surface area (Å²) in [6, 6.07) is 9.83. The molecule has 0 unspecified atom stereocenters. The average molecular weight is 288 g/mol. The third kappa shape index (κ3) is 3.62. The summed E-state index contributed by atoms with van der Waals surface area (Å²) in [5.74, 6) is -0.967. The second-order valence-corrected chi connectivity index (χ2v) is 5.79. The molecule has 0 aliphatic carbocycles. The first-order chi connectivity index (χ1) is 9.90. The van der Waals surface area contributed by atoms with Crippen LogP contribution in [0.4, 0.5) is 0 Å². The Kier molecular flexibility index (Phi) is 4.31. The monoisotopic (exact) mass is 288 g/mol. The molecule has 0 saturated carbocycles. The normalized spacial score (nSPS) is 11.5. The van der Waals surface area contributed by atoms with Crippen LogP contribution in [-0.2, 0) is 16.1 Å². The van der Waals surface area contributed by atoms with Crippen molar-refractivity contribution in [3.63, 3.8) is 0 Å². The largest absolute Gasteiger partial charge is 0.481 e. The lowest BCUT2D eigenvalue weighted by molar-refractivity contribution is -0.147. The first-order valence-corrected chi connectivity index (χ1v) is 6.94. The summed E-state index contributed by atoms with van der Waals surface area (Å²) in [6.45, 7) is 3.90. The van der Waals surface area contributed by atoms with Crippen LogP contribution in [-0.4, -0.2) is 28.1 Å². The average Bonchev–Trinajstić information content (AvgIpc) is 2.82. The maximum atomic E-state index is 11.9. The number of aromatic nitrogens is 1. The number of para-hydroxylation sites is 1. The maximum absolute atomic E-state index is 11.9. The van der Waals surface area contributed by atoms with E-state index < -0.39 is 11.4 Å². The van der Waals surface area contributed by atoms with Crippen molar-refractivity contribution in [3.8, 4) is 0 Å². The second-order valence-electron chi connectivity index (χ2n) is 5.79. The molecule has 1 aromatic heterocycles. The molecule has 0 radical (unpaired) electrons. The van der Waals surface area contributed by atoms with Gasteiger partial charge in [0.1, 0.15) is 6.54 Å². The summed E-state index contributed by atoms with van der Waals surface area (Å²) in [5.41, 5.74) is 0.187. The highest BCUT2D eigenvalue weighted by molar-refractivity contribution is 5.83. The minimum Gasteiger partial charge on any atom is -0.481 e. The van der Waals surface area contributed by atoms with Crippen LogP contribution in [0.15, 0.2) is 36.5 Å². The molecule has 0 aliphatic rings. The van der Waals surface area contributed by atoms with Crippen LogP contribution in [0, 0.1) is 5.41 Å². The molecular weight excluding hydrogens is 268 g/mol. The molecule has 0 aliphatic heterocycles. The summed E-state index contributed by atoms with van der Waals surface area (Å²) in [7, 11) is 0. The molecule has 5 heteroatoms. The van der Waals surface area contributed by atoms with Gasteiger partial charge < -0.3 is 15.0 Å². The number of hydrogen-bond acceptors (Lipinski definition) is 2. The van der Waals surface area contributed by atoms with Crippen LogP contribution in [0.1, 0.15) is 20.3 Å². The summed E-state index contributed by atoms with van der Waals surface area (Å²) in [4.78, 5) is 22.9. The van der Waals surface area contributed by atoms with Crippen molar-refractivity contribution in [1.29, 1.82) is 0 Å². The number of rotatable bonds is 6. The van der Waals surface area contributed by atoms with Crippen LogP contribution in [0.3, 0.4) is 0 Å². The molecule has 2 aromatic rings. The number of carboxylic acid groups (broad SMARTS) is 1. The number of nitrogens with one attached hydrogen (secondary N) is 1. The van der Waals surface area contributed by atoms with E-state index in [0.29, 0.717) is 13.0 Å². The van der Waals surface area contributed by atoms with Crippen molar-refractivity contribution in [3.05, 3.63) is 36.5 Å². The molecule has 0 bridgehead atoms. The Morgan fingerprint density at radius 2 is 1.95 bits per heavy atom. The minimum atomic E-state index is -0.854. The Morgan fingerprint density at radius 3 is 2.67 bits per heavy atom. The molecule has 0 spiro atoms. The van der Waals surface area contributed by atoms with E-state index >= 15 is 0 Å². The Balaban J connectivity index is 1.89. The number of benzene rings is 1. The number of fused-ring (bicyclic) bond motifs is 1. The highest BCUT2D eigenvalue weighted by atomic mass is 16.4. The van der Waals surface area contributed by atoms with E-state index in [9.17, 15) is 9.59 Å². The third-order valence-corrected chi connectivity index (χ3v) is 3.65. The van der Waals surface area contributed by atoms with E-state index in [2.05, 4.69) is 5.32 Å². The zero-order chi connectivity index (χ0) is 15.5.